The molecule has 1 aromatic rings. The summed E-state index contributed by atoms with van der Waals surface area (Å²) in [6.45, 7) is 3.18. The molecule has 0 bridgehead atoms. The van der Waals surface area contributed by atoms with Crippen molar-refractivity contribution in [1.82, 2.24) is 0 Å². The summed E-state index contributed by atoms with van der Waals surface area (Å²) in [5.74, 6) is 1.07. The zero-order chi connectivity index (χ0) is 10.7. The predicted molar refractivity (Wildman–Crippen MR) is 61.4 cm³/mol. The van der Waals surface area contributed by atoms with Crippen LogP contribution in [-0.4, -0.2) is 25.3 Å². The second-order valence-corrected chi connectivity index (χ2v) is 5.06. The van der Waals surface area contributed by atoms with Crippen LogP contribution in [0, 0.1) is 0 Å². The van der Waals surface area contributed by atoms with Gasteiger partial charge in [0.05, 0.1) is 18.6 Å². The Balaban J connectivity index is 2.19. The van der Waals surface area contributed by atoms with E-state index >= 15 is 0 Å². The summed E-state index contributed by atoms with van der Waals surface area (Å²) in [5, 5.41) is 0. The lowest BCUT2D eigenvalue weighted by molar-refractivity contribution is -0.129. The Morgan fingerprint density at radius 1 is 1.40 bits per heavy atom. The number of hydrogen-bond acceptors (Lipinski definition) is 3. The Hall–Kier alpha value is -0.800. The van der Waals surface area contributed by atoms with Crippen LogP contribution in [0.2, 0.25) is 0 Å². The van der Waals surface area contributed by atoms with Gasteiger partial charge >= 0.3 is 0 Å². The quantitative estimate of drug-likeness (QED) is 0.577. The van der Waals surface area contributed by atoms with Crippen LogP contribution < -0.4 is 0 Å². The summed E-state index contributed by atoms with van der Waals surface area (Å²) in [6.07, 6.45) is 1.01. The molecule has 0 amide bonds. The predicted octanol–water partition coefficient (Wildman–Crippen LogP) is 2.27. The molecule has 0 aliphatic carbocycles. The highest BCUT2D eigenvalue weighted by molar-refractivity contribution is 7.99. The SMILES string of the molecule is CCSc1ccc(C2(C=O)COC2)cc1. The highest BCUT2D eigenvalue weighted by Gasteiger charge is 2.40. The van der Waals surface area contributed by atoms with Gasteiger partial charge in [-0.3, -0.25) is 0 Å². The molecule has 0 aromatic heterocycles. The van der Waals surface area contributed by atoms with E-state index in [2.05, 4.69) is 19.1 Å². The number of carbonyl (C=O) groups excluding carboxylic acids is 1. The van der Waals surface area contributed by atoms with Gasteiger partial charge in [0, 0.05) is 4.90 Å². The van der Waals surface area contributed by atoms with E-state index in [1.54, 1.807) is 0 Å². The van der Waals surface area contributed by atoms with Gasteiger partial charge in [-0.15, -0.1) is 11.8 Å². The molecule has 0 saturated carbocycles. The molecule has 2 nitrogen and oxygen atoms in total. The lowest BCUT2D eigenvalue weighted by Gasteiger charge is -2.36. The molecule has 15 heavy (non-hydrogen) atoms. The van der Waals surface area contributed by atoms with Crippen molar-refractivity contribution in [2.75, 3.05) is 19.0 Å². The van der Waals surface area contributed by atoms with Crippen LogP contribution in [0.15, 0.2) is 29.2 Å². The van der Waals surface area contributed by atoms with Gasteiger partial charge in [-0.25, -0.2) is 0 Å². The lowest BCUT2D eigenvalue weighted by atomic mass is 9.80. The number of hydrogen-bond donors (Lipinski definition) is 0. The first-order valence-electron chi connectivity index (χ1n) is 5.08. The summed E-state index contributed by atoms with van der Waals surface area (Å²) in [5.41, 5.74) is 0.708. The average Bonchev–Trinajstić information content (AvgIpc) is 2.20. The molecule has 1 aliphatic rings. The molecule has 0 radical (unpaired) electrons. The summed E-state index contributed by atoms with van der Waals surface area (Å²) >= 11 is 1.81. The number of benzene rings is 1. The Morgan fingerprint density at radius 2 is 2.07 bits per heavy atom. The minimum Gasteiger partial charge on any atom is -0.379 e. The van der Waals surface area contributed by atoms with Crippen LogP contribution in [0.1, 0.15) is 12.5 Å². The molecule has 1 saturated heterocycles. The van der Waals surface area contributed by atoms with Crippen molar-refractivity contribution in [1.29, 1.82) is 0 Å². The smallest absolute Gasteiger partial charge is 0.135 e. The van der Waals surface area contributed by atoms with Crippen molar-refractivity contribution in [2.24, 2.45) is 0 Å². The second kappa shape index (κ2) is 4.37. The van der Waals surface area contributed by atoms with Crippen LogP contribution in [-0.2, 0) is 14.9 Å². The fourth-order valence-electron chi connectivity index (χ4n) is 1.67. The van der Waals surface area contributed by atoms with Crippen LogP contribution in [0.4, 0.5) is 0 Å². The molecule has 0 atom stereocenters. The molecule has 0 spiro atoms. The molecule has 80 valence electrons. The van der Waals surface area contributed by atoms with E-state index in [0.717, 1.165) is 17.6 Å². The van der Waals surface area contributed by atoms with Crippen LogP contribution in [0.5, 0.6) is 0 Å². The van der Waals surface area contributed by atoms with E-state index in [-0.39, 0.29) is 5.41 Å². The monoisotopic (exact) mass is 222 g/mol. The number of thioether (sulfide) groups is 1. The fraction of sp³-hybridized carbons (Fsp3) is 0.417. The molecule has 1 aliphatic heterocycles. The van der Waals surface area contributed by atoms with Crippen LogP contribution in [0.25, 0.3) is 0 Å². The third-order valence-corrected chi connectivity index (χ3v) is 3.58. The molecule has 0 N–H and O–H groups in total. The standard InChI is InChI=1S/C12H14O2S/c1-2-15-11-5-3-10(4-6-11)12(7-13)8-14-9-12/h3-7H,2,8-9H2,1H3. The maximum atomic E-state index is 11.0. The number of ether oxygens (including phenoxy) is 1. The molecule has 0 unspecified atom stereocenters. The van der Waals surface area contributed by atoms with E-state index in [4.69, 9.17) is 4.74 Å². The first-order valence-corrected chi connectivity index (χ1v) is 6.07. The van der Waals surface area contributed by atoms with Gasteiger partial charge in [0.15, 0.2) is 0 Å². The van der Waals surface area contributed by atoms with Crippen molar-refractivity contribution in [3.05, 3.63) is 29.8 Å². The summed E-state index contributed by atoms with van der Waals surface area (Å²) in [4.78, 5) is 12.3. The van der Waals surface area contributed by atoms with Gasteiger partial charge < -0.3 is 9.53 Å². The zero-order valence-corrected chi connectivity index (χ0v) is 9.55. The van der Waals surface area contributed by atoms with E-state index in [0.29, 0.717) is 13.2 Å². The van der Waals surface area contributed by atoms with Gasteiger partial charge in [0.25, 0.3) is 0 Å². The molecule has 2 rings (SSSR count). The zero-order valence-electron chi connectivity index (χ0n) is 8.73. The van der Waals surface area contributed by atoms with E-state index < -0.39 is 0 Å². The third kappa shape index (κ3) is 1.94. The second-order valence-electron chi connectivity index (χ2n) is 3.72. The van der Waals surface area contributed by atoms with Gasteiger partial charge in [0.1, 0.15) is 6.29 Å². The van der Waals surface area contributed by atoms with Crippen molar-refractivity contribution >= 4 is 18.0 Å². The largest absolute Gasteiger partial charge is 0.379 e. The van der Waals surface area contributed by atoms with Gasteiger partial charge in [-0.1, -0.05) is 19.1 Å². The summed E-state index contributed by atoms with van der Waals surface area (Å²) < 4.78 is 5.12. The normalized spacial score (nSPS) is 18.2. The topological polar surface area (TPSA) is 26.3 Å². The lowest BCUT2D eigenvalue weighted by Crippen LogP contribution is -2.48. The van der Waals surface area contributed by atoms with Crippen LogP contribution in [0.3, 0.4) is 0 Å². The van der Waals surface area contributed by atoms with Crippen LogP contribution >= 0.6 is 11.8 Å². The number of rotatable bonds is 4. The Bertz CT molecular complexity index is 341. The molecule has 3 heteroatoms. The summed E-state index contributed by atoms with van der Waals surface area (Å²) in [7, 11) is 0. The maximum Gasteiger partial charge on any atom is 0.135 e. The third-order valence-electron chi connectivity index (χ3n) is 2.69. The van der Waals surface area contributed by atoms with E-state index in [9.17, 15) is 4.79 Å². The summed E-state index contributed by atoms with van der Waals surface area (Å²) in [6, 6.07) is 8.23. The molecule has 1 heterocycles. The average molecular weight is 222 g/mol. The minimum atomic E-state index is -0.366. The van der Waals surface area contributed by atoms with Crippen molar-refractivity contribution in [3.8, 4) is 0 Å². The highest BCUT2D eigenvalue weighted by atomic mass is 32.2. The first kappa shape index (κ1) is 10.7. The molecular weight excluding hydrogens is 208 g/mol. The number of carbonyl (C=O) groups is 1. The molecule has 1 fully saturated rings. The minimum absolute atomic E-state index is 0.366. The van der Waals surface area contributed by atoms with Gasteiger partial charge in [-0.2, -0.15) is 0 Å². The van der Waals surface area contributed by atoms with Crippen molar-refractivity contribution < 1.29 is 9.53 Å². The van der Waals surface area contributed by atoms with Crippen molar-refractivity contribution in [3.63, 3.8) is 0 Å². The van der Waals surface area contributed by atoms with E-state index in [1.807, 2.05) is 23.9 Å². The Morgan fingerprint density at radius 3 is 2.47 bits per heavy atom. The van der Waals surface area contributed by atoms with Crippen molar-refractivity contribution in [2.45, 2.75) is 17.2 Å². The maximum absolute atomic E-state index is 11.0. The Labute approximate surface area is 94.0 Å². The molecular formula is C12H14O2S. The van der Waals surface area contributed by atoms with Gasteiger partial charge in [-0.05, 0) is 23.4 Å². The van der Waals surface area contributed by atoms with E-state index in [1.165, 1.54) is 4.90 Å². The Kier molecular flexibility index (Phi) is 3.12. The first-order chi connectivity index (χ1) is 7.30. The fourth-order valence-corrected chi connectivity index (χ4v) is 2.34. The highest BCUT2D eigenvalue weighted by Crippen LogP contribution is 2.31. The molecule has 1 aromatic carbocycles. The van der Waals surface area contributed by atoms with Gasteiger partial charge in [0.2, 0.25) is 0 Å². The number of aldehydes is 1.